The van der Waals surface area contributed by atoms with Crippen molar-refractivity contribution >= 4 is 23.6 Å². The molecule has 0 aliphatic rings. The number of carboxylic acids is 1. The number of carboxylic acid groups (broad SMARTS) is 1. The van der Waals surface area contributed by atoms with E-state index in [1.165, 1.54) is 6.07 Å². The summed E-state index contributed by atoms with van der Waals surface area (Å²) >= 11 is 5.71. The smallest absolute Gasteiger partial charge is 0.337 e. The summed E-state index contributed by atoms with van der Waals surface area (Å²) in [5.41, 5.74) is 0.841. The Bertz CT molecular complexity index is 385. The summed E-state index contributed by atoms with van der Waals surface area (Å²) in [6.07, 6.45) is 4.07. The Kier molecular flexibility index (Phi) is 4.34. The predicted octanol–water partition coefficient (Wildman–Crippen LogP) is 2.43. The molecular formula is C11H11ClO3. The highest BCUT2D eigenvalue weighted by Crippen LogP contribution is 2.18. The van der Waals surface area contributed by atoms with E-state index in [-0.39, 0.29) is 17.2 Å². The molecular weight excluding hydrogens is 216 g/mol. The van der Waals surface area contributed by atoms with Gasteiger partial charge in [-0.1, -0.05) is 29.8 Å². The summed E-state index contributed by atoms with van der Waals surface area (Å²) in [5.74, 6) is -1.04. The molecule has 0 amide bonds. The maximum Gasteiger partial charge on any atom is 0.337 e. The highest BCUT2D eigenvalue weighted by molar-refractivity contribution is 6.33. The predicted molar refractivity (Wildman–Crippen MR) is 59.1 cm³/mol. The van der Waals surface area contributed by atoms with E-state index in [2.05, 4.69) is 0 Å². The average Bonchev–Trinajstić information content (AvgIpc) is 2.20. The van der Waals surface area contributed by atoms with Gasteiger partial charge in [0, 0.05) is 6.61 Å². The van der Waals surface area contributed by atoms with Crippen molar-refractivity contribution in [3.8, 4) is 0 Å². The Hall–Kier alpha value is -1.32. The van der Waals surface area contributed by atoms with Gasteiger partial charge in [-0.15, -0.1) is 0 Å². The van der Waals surface area contributed by atoms with E-state index in [0.717, 1.165) is 5.56 Å². The van der Waals surface area contributed by atoms with Gasteiger partial charge in [-0.2, -0.15) is 0 Å². The van der Waals surface area contributed by atoms with Crippen molar-refractivity contribution in [2.24, 2.45) is 0 Å². The number of aliphatic hydroxyl groups excluding tert-OH is 1. The standard InChI is InChI=1S/C11H11ClO3/c12-10-5-4-8(3-1-2-6-13)7-9(10)11(14)15/h1,3-5,7,13H,2,6H2,(H,14,15). The minimum Gasteiger partial charge on any atom is -0.478 e. The molecule has 1 aromatic rings. The van der Waals surface area contributed by atoms with Crippen LogP contribution >= 0.6 is 11.6 Å². The molecule has 0 heterocycles. The lowest BCUT2D eigenvalue weighted by Gasteiger charge is -2.00. The number of aliphatic hydroxyl groups is 1. The first kappa shape index (κ1) is 11.8. The monoisotopic (exact) mass is 226 g/mol. The molecule has 80 valence electrons. The van der Waals surface area contributed by atoms with E-state index >= 15 is 0 Å². The molecule has 0 atom stereocenters. The van der Waals surface area contributed by atoms with Crippen LogP contribution in [0.2, 0.25) is 5.02 Å². The van der Waals surface area contributed by atoms with E-state index < -0.39 is 5.97 Å². The van der Waals surface area contributed by atoms with Crippen molar-refractivity contribution < 1.29 is 15.0 Å². The molecule has 0 radical (unpaired) electrons. The fourth-order valence-electron chi connectivity index (χ4n) is 1.10. The van der Waals surface area contributed by atoms with Crippen LogP contribution in [0.3, 0.4) is 0 Å². The molecule has 0 bridgehead atoms. The lowest BCUT2D eigenvalue weighted by Crippen LogP contribution is -1.97. The summed E-state index contributed by atoms with van der Waals surface area (Å²) in [5, 5.41) is 17.6. The van der Waals surface area contributed by atoms with Crippen molar-refractivity contribution in [3.63, 3.8) is 0 Å². The van der Waals surface area contributed by atoms with Gasteiger partial charge in [-0.05, 0) is 24.1 Å². The van der Waals surface area contributed by atoms with Crippen molar-refractivity contribution in [2.45, 2.75) is 6.42 Å². The first-order chi connectivity index (χ1) is 7.15. The van der Waals surface area contributed by atoms with Crippen LogP contribution in [0.15, 0.2) is 24.3 Å². The van der Waals surface area contributed by atoms with Crippen LogP contribution in [0, 0.1) is 0 Å². The molecule has 15 heavy (non-hydrogen) atoms. The third kappa shape index (κ3) is 3.38. The van der Waals surface area contributed by atoms with E-state index in [0.29, 0.717) is 6.42 Å². The van der Waals surface area contributed by atoms with Crippen LogP contribution in [-0.2, 0) is 0 Å². The largest absolute Gasteiger partial charge is 0.478 e. The molecule has 1 aromatic carbocycles. The van der Waals surface area contributed by atoms with Crippen LogP contribution < -0.4 is 0 Å². The fourth-order valence-corrected chi connectivity index (χ4v) is 1.30. The van der Waals surface area contributed by atoms with Gasteiger partial charge in [0.25, 0.3) is 0 Å². The second kappa shape index (κ2) is 5.53. The molecule has 0 saturated heterocycles. The van der Waals surface area contributed by atoms with Crippen LogP contribution in [0.25, 0.3) is 6.08 Å². The normalized spacial score (nSPS) is 10.8. The number of aromatic carboxylic acids is 1. The van der Waals surface area contributed by atoms with Gasteiger partial charge in [0.1, 0.15) is 0 Å². The Balaban J connectivity index is 2.92. The van der Waals surface area contributed by atoms with Gasteiger partial charge in [-0.25, -0.2) is 4.79 Å². The number of hydrogen-bond acceptors (Lipinski definition) is 2. The zero-order valence-corrected chi connectivity index (χ0v) is 8.74. The second-order valence-electron chi connectivity index (χ2n) is 2.96. The lowest BCUT2D eigenvalue weighted by molar-refractivity contribution is 0.0697. The highest BCUT2D eigenvalue weighted by Gasteiger charge is 2.07. The first-order valence-corrected chi connectivity index (χ1v) is 4.83. The summed E-state index contributed by atoms with van der Waals surface area (Å²) in [7, 11) is 0. The molecule has 0 saturated carbocycles. The Labute approximate surface area is 92.6 Å². The van der Waals surface area contributed by atoms with Crippen LogP contribution in [0.5, 0.6) is 0 Å². The topological polar surface area (TPSA) is 57.5 Å². The molecule has 0 fully saturated rings. The van der Waals surface area contributed by atoms with E-state index in [4.69, 9.17) is 21.8 Å². The molecule has 4 heteroatoms. The Morgan fingerprint density at radius 2 is 2.20 bits per heavy atom. The first-order valence-electron chi connectivity index (χ1n) is 4.45. The Morgan fingerprint density at radius 3 is 2.80 bits per heavy atom. The summed E-state index contributed by atoms with van der Waals surface area (Å²) in [6.45, 7) is 0.0792. The van der Waals surface area contributed by atoms with Crippen molar-refractivity contribution in [3.05, 3.63) is 40.4 Å². The zero-order valence-electron chi connectivity index (χ0n) is 7.98. The maximum atomic E-state index is 10.8. The summed E-state index contributed by atoms with van der Waals surface area (Å²) in [6, 6.07) is 4.77. The van der Waals surface area contributed by atoms with Gasteiger partial charge in [0.15, 0.2) is 0 Å². The molecule has 0 spiro atoms. The molecule has 3 nitrogen and oxygen atoms in total. The number of rotatable bonds is 4. The van der Waals surface area contributed by atoms with Crippen LogP contribution in [0.1, 0.15) is 22.3 Å². The van der Waals surface area contributed by atoms with Crippen molar-refractivity contribution in [2.75, 3.05) is 6.61 Å². The zero-order chi connectivity index (χ0) is 11.3. The third-order valence-electron chi connectivity index (χ3n) is 1.83. The number of benzene rings is 1. The minimum atomic E-state index is -1.04. The van der Waals surface area contributed by atoms with Crippen molar-refractivity contribution in [1.82, 2.24) is 0 Å². The minimum absolute atomic E-state index is 0.0792. The number of carbonyl (C=O) groups is 1. The molecule has 2 N–H and O–H groups in total. The van der Waals surface area contributed by atoms with Gasteiger partial charge < -0.3 is 10.2 Å². The van der Waals surface area contributed by atoms with E-state index in [9.17, 15) is 4.79 Å². The second-order valence-corrected chi connectivity index (χ2v) is 3.37. The molecule has 0 aliphatic heterocycles. The number of halogens is 1. The summed E-state index contributed by atoms with van der Waals surface area (Å²) < 4.78 is 0. The maximum absolute atomic E-state index is 10.8. The van der Waals surface area contributed by atoms with Gasteiger partial charge in [-0.3, -0.25) is 0 Å². The van der Waals surface area contributed by atoms with Gasteiger partial charge in [0.2, 0.25) is 0 Å². The fraction of sp³-hybridized carbons (Fsp3) is 0.182. The van der Waals surface area contributed by atoms with Crippen LogP contribution in [-0.4, -0.2) is 22.8 Å². The van der Waals surface area contributed by atoms with Crippen molar-refractivity contribution in [1.29, 1.82) is 0 Å². The average molecular weight is 227 g/mol. The molecule has 0 aromatic heterocycles. The molecule has 0 aliphatic carbocycles. The highest BCUT2D eigenvalue weighted by atomic mass is 35.5. The molecule has 1 rings (SSSR count). The van der Waals surface area contributed by atoms with Crippen LogP contribution in [0.4, 0.5) is 0 Å². The van der Waals surface area contributed by atoms with Gasteiger partial charge >= 0.3 is 5.97 Å². The SMILES string of the molecule is O=C(O)c1cc(C=CCCO)ccc1Cl. The third-order valence-corrected chi connectivity index (χ3v) is 2.16. The van der Waals surface area contributed by atoms with Gasteiger partial charge in [0.05, 0.1) is 10.6 Å². The number of hydrogen-bond donors (Lipinski definition) is 2. The summed E-state index contributed by atoms with van der Waals surface area (Å²) in [4.78, 5) is 10.8. The Morgan fingerprint density at radius 1 is 1.47 bits per heavy atom. The van der Waals surface area contributed by atoms with E-state index in [1.54, 1.807) is 24.3 Å². The quantitative estimate of drug-likeness (QED) is 0.829. The molecule has 0 unspecified atom stereocenters. The lowest BCUT2D eigenvalue weighted by atomic mass is 10.1. The van der Waals surface area contributed by atoms with E-state index in [1.807, 2.05) is 0 Å².